The third-order valence-corrected chi connectivity index (χ3v) is 4.10. The second kappa shape index (κ2) is 6.32. The van der Waals surface area contributed by atoms with Crippen LogP contribution in [0.15, 0.2) is 72.6 Å². The lowest BCUT2D eigenvalue weighted by Crippen LogP contribution is -2.19. The zero-order chi connectivity index (χ0) is 17.2. The van der Waals surface area contributed by atoms with Gasteiger partial charge in [-0.3, -0.25) is 9.78 Å². The van der Waals surface area contributed by atoms with Crippen molar-refractivity contribution >= 4 is 11.9 Å². The summed E-state index contributed by atoms with van der Waals surface area (Å²) in [5, 5.41) is 0. The number of aromatic nitrogens is 1. The Kier molecular flexibility index (Phi) is 3.86. The third kappa shape index (κ3) is 2.94. The SMILES string of the molecule is O=C1/C(=C\c2cccc(-c3cccnc3)c2)COc2c(F)cccc21. The zero-order valence-electron chi connectivity index (χ0n) is 13.3. The molecule has 0 N–H and O–H groups in total. The first-order chi connectivity index (χ1) is 12.2. The molecule has 0 unspecified atom stereocenters. The number of carbonyl (C=O) groups excluding carboxylic acids is 1. The maximum atomic E-state index is 13.7. The van der Waals surface area contributed by atoms with Crippen molar-refractivity contribution in [3.63, 3.8) is 0 Å². The number of benzene rings is 2. The van der Waals surface area contributed by atoms with Crippen molar-refractivity contribution in [2.24, 2.45) is 0 Å². The number of Topliss-reactive ketones (excluding diaryl/α,β-unsaturated/α-hetero) is 1. The van der Waals surface area contributed by atoms with E-state index in [0.717, 1.165) is 16.7 Å². The maximum absolute atomic E-state index is 13.7. The van der Waals surface area contributed by atoms with Gasteiger partial charge >= 0.3 is 0 Å². The Morgan fingerprint density at radius 3 is 2.72 bits per heavy atom. The van der Waals surface area contributed by atoms with E-state index in [9.17, 15) is 9.18 Å². The van der Waals surface area contributed by atoms with E-state index in [1.807, 2.05) is 36.4 Å². The molecule has 0 fully saturated rings. The number of hydrogen-bond acceptors (Lipinski definition) is 3. The molecule has 0 atom stereocenters. The molecule has 3 aromatic rings. The van der Waals surface area contributed by atoms with Crippen LogP contribution in [-0.4, -0.2) is 17.4 Å². The van der Waals surface area contributed by atoms with Gasteiger partial charge in [-0.25, -0.2) is 4.39 Å². The molecule has 1 aliphatic heterocycles. The minimum absolute atomic E-state index is 0.0359. The van der Waals surface area contributed by atoms with Crippen LogP contribution in [-0.2, 0) is 0 Å². The van der Waals surface area contributed by atoms with E-state index in [1.54, 1.807) is 24.5 Å². The van der Waals surface area contributed by atoms with Gasteiger partial charge in [-0.2, -0.15) is 0 Å². The molecule has 0 saturated carbocycles. The van der Waals surface area contributed by atoms with Crippen molar-refractivity contribution < 1.29 is 13.9 Å². The summed E-state index contributed by atoms with van der Waals surface area (Å²) < 4.78 is 19.2. The van der Waals surface area contributed by atoms with Gasteiger partial charge in [0.05, 0.1) is 5.56 Å². The Bertz CT molecular complexity index is 980. The quantitative estimate of drug-likeness (QED) is 0.647. The van der Waals surface area contributed by atoms with Gasteiger partial charge in [-0.05, 0) is 41.5 Å². The molecule has 4 heteroatoms. The lowest BCUT2D eigenvalue weighted by Gasteiger charge is -2.19. The Morgan fingerprint density at radius 1 is 1.04 bits per heavy atom. The topological polar surface area (TPSA) is 39.2 Å². The molecule has 0 amide bonds. The summed E-state index contributed by atoms with van der Waals surface area (Å²) in [5.74, 6) is -0.676. The van der Waals surface area contributed by atoms with E-state index >= 15 is 0 Å². The highest BCUT2D eigenvalue weighted by molar-refractivity contribution is 6.14. The van der Waals surface area contributed by atoms with E-state index < -0.39 is 5.82 Å². The Hall–Kier alpha value is -3.27. The standard InChI is InChI=1S/C21H14FNO2/c22-19-8-2-7-18-20(24)17(13-25-21(18)19)11-14-4-1-5-15(10-14)16-6-3-9-23-12-16/h1-12H,13H2/b17-11-. The fourth-order valence-electron chi connectivity index (χ4n) is 2.87. The predicted octanol–water partition coefficient (Wildman–Crippen LogP) is 4.55. The third-order valence-electron chi connectivity index (χ3n) is 4.10. The minimum atomic E-state index is -0.511. The van der Waals surface area contributed by atoms with Gasteiger partial charge in [0.1, 0.15) is 6.61 Å². The molecule has 0 saturated heterocycles. The Morgan fingerprint density at radius 2 is 1.88 bits per heavy atom. The molecule has 1 aliphatic rings. The number of rotatable bonds is 2. The minimum Gasteiger partial charge on any atom is -0.485 e. The number of hydrogen-bond donors (Lipinski definition) is 0. The number of ether oxygens (including phenoxy) is 1. The Balaban J connectivity index is 1.69. The molecule has 0 bridgehead atoms. The molecule has 122 valence electrons. The van der Waals surface area contributed by atoms with Crippen molar-refractivity contribution in [2.45, 2.75) is 0 Å². The summed E-state index contributed by atoms with van der Waals surface area (Å²) in [6, 6.07) is 16.1. The van der Waals surface area contributed by atoms with E-state index in [1.165, 1.54) is 12.1 Å². The fraction of sp³-hybridized carbons (Fsp3) is 0.0476. The van der Waals surface area contributed by atoms with E-state index in [4.69, 9.17) is 4.74 Å². The lowest BCUT2D eigenvalue weighted by molar-refractivity contribution is 0.0998. The van der Waals surface area contributed by atoms with Gasteiger partial charge in [-0.15, -0.1) is 0 Å². The van der Waals surface area contributed by atoms with Gasteiger partial charge in [0, 0.05) is 23.5 Å². The van der Waals surface area contributed by atoms with Crippen molar-refractivity contribution in [3.05, 3.63) is 89.5 Å². The largest absolute Gasteiger partial charge is 0.485 e. The molecule has 0 aliphatic carbocycles. The maximum Gasteiger partial charge on any atom is 0.196 e. The molecule has 0 radical (unpaired) electrons. The van der Waals surface area contributed by atoms with Crippen LogP contribution in [0.2, 0.25) is 0 Å². The second-order valence-electron chi connectivity index (χ2n) is 5.77. The fourth-order valence-corrected chi connectivity index (χ4v) is 2.87. The number of pyridine rings is 1. The van der Waals surface area contributed by atoms with Crippen LogP contribution in [0.3, 0.4) is 0 Å². The van der Waals surface area contributed by atoms with Crippen molar-refractivity contribution in [3.8, 4) is 16.9 Å². The molecule has 2 heterocycles. The van der Waals surface area contributed by atoms with Gasteiger partial charge in [0.25, 0.3) is 0 Å². The summed E-state index contributed by atoms with van der Waals surface area (Å²) >= 11 is 0. The number of ketones is 1. The van der Waals surface area contributed by atoms with Gasteiger partial charge in [0.15, 0.2) is 17.3 Å². The van der Waals surface area contributed by atoms with Crippen LogP contribution < -0.4 is 4.74 Å². The van der Waals surface area contributed by atoms with E-state index in [2.05, 4.69) is 4.98 Å². The number of carbonyl (C=O) groups is 1. The highest BCUT2D eigenvalue weighted by atomic mass is 19.1. The van der Waals surface area contributed by atoms with Crippen LogP contribution in [0.4, 0.5) is 4.39 Å². The summed E-state index contributed by atoms with van der Waals surface area (Å²) in [7, 11) is 0. The molecule has 3 nitrogen and oxygen atoms in total. The Labute approximate surface area is 144 Å². The molecule has 25 heavy (non-hydrogen) atoms. The number of fused-ring (bicyclic) bond motifs is 1. The van der Waals surface area contributed by atoms with E-state index in [-0.39, 0.29) is 23.7 Å². The number of nitrogens with zero attached hydrogens (tertiary/aromatic N) is 1. The van der Waals surface area contributed by atoms with Crippen LogP contribution in [0.5, 0.6) is 5.75 Å². The average Bonchev–Trinajstić information content (AvgIpc) is 2.66. The molecule has 1 aromatic heterocycles. The van der Waals surface area contributed by atoms with Gasteiger partial charge in [-0.1, -0.05) is 30.3 Å². The summed E-state index contributed by atoms with van der Waals surface area (Å²) in [6.07, 6.45) is 5.31. The summed E-state index contributed by atoms with van der Waals surface area (Å²) in [4.78, 5) is 16.7. The zero-order valence-corrected chi connectivity index (χ0v) is 13.3. The molecule has 2 aromatic carbocycles. The van der Waals surface area contributed by atoms with Gasteiger partial charge in [0.2, 0.25) is 0 Å². The van der Waals surface area contributed by atoms with Crippen molar-refractivity contribution in [2.75, 3.05) is 6.61 Å². The highest BCUT2D eigenvalue weighted by Gasteiger charge is 2.25. The predicted molar refractivity (Wildman–Crippen MR) is 93.9 cm³/mol. The van der Waals surface area contributed by atoms with Gasteiger partial charge < -0.3 is 4.74 Å². The van der Waals surface area contributed by atoms with Crippen LogP contribution in [0.25, 0.3) is 17.2 Å². The van der Waals surface area contributed by atoms with E-state index in [0.29, 0.717) is 5.57 Å². The average molecular weight is 331 g/mol. The molecule has 4 rings (SSSR count). The van der Waals surface area contributed by atoms with Crippen molar-refractivity contribution in [1.29, 1.82) is 0 Å². The van der Waals surface area contributed by atoms with Crippen LogP contribution in [0, 0.1) is 5.82 Å². The van der Waals surface area contributed by atoms with Crippen LogP contribution >= 0.6 is 0 Å². The summed E-state index contributed by atoms with van der Waals surface area (Å²) in [5.41, 5.74) is 3.66. The van der Waals surface area contributed by atoms with Crippen LogP contribution in [0.1, 0.15) is 15.9 Å². The number of para-hydroxylation sites is 1. The monoisotopic (exact) mass is 331 g/mol. The second-order valence-corrected chi connectivity index (χ2v) is 5.77. The van der Waals surface area contributed by atoms with Crippen molar-refractivity contribution in [1.82, 2.24) is 4.98 Å². The highest BCUT2D eigenvalue weighted by Crippen LogP contribution is 2.30. The summed E-state index contributed by atoms with van der Waals surface area (Å²) in [6.45, 7) is 0.0594. The normalized spacial score (nSPS) is 14.9. The first kappa shape index (κ1) is 15.3. The number of halogens is 1. The molecular formula is C21H14FNO2. The smallest absolute Gasteiger partial charge is 0.196 e. The lowest BCUT2D eigenvalue weighted by atomic mass is 9.97. The first-order valence-corrected chi connectivity index (χ1v) is 7.89. The molecular weight excluding hydrogens is 317 g/mol. The molecule has 0 spiro atoms. The first-order valence-electron chi connectivity index (χ1n) is 7.89.